The van der Waals surface area contributed by atoms with Crippen LogP contribution < -0.4 is 0 Å². The number of aromatic nitrogens is 5. The van der Waals surface area contributed by atoms with Crippen LogP contribution >= 0.6 is 0 Å². The van der Waals surface area contributed by atoms with Crippen molar-refractivity contribution >= 4 is 43.7 Å². The zero-order chi connectivity index (χ0) is 37.0. The Morgan fingerprint density at radius 1 is 0.339 bits per heavy atom. The molecule has 0 spiro atoms. The highest BCUT2D eigenvalue weighted by atomic mass is 16.3. The van der Waals surface area contributed by atoms with Crippen LogP contribution in [-0.4, -0.2) is 24.5 Å². The van der Waals surface area contributed by atoms with Crippen molar-refractivity contribution < 1.29 is 4.42 Å². The fourth-order valence-electron chi connectivity index (χ4n) is 7.83. The third kappa shape index (κ3) is 5.43. The van der Waals surface area contributed by atoms with Gasteiger partial charge in [0.25, 0.3) is 0 Å². The van der Waals surface area contributed by atoms with Crippen LogP contribution in [0.25, 0.3) is 106 Å². The number of fused-ring (bicyclic) bond motifs is 6. The number of hydrogen-bond donors (Lipinski definition) is 0. The molecule has 0 aliphatic heterocycles. The highest BCUT2D eigenvalue weighted by Crippen LogP contribution is 2.38. The third-order valence-corrected chi connectivity index (χ3v) is 10.5. The molecule has 0 atom stereocenters. The van der Waals surface area contributed by atoms with Crippen LogP contribution in [0.2, 0.25) is 0 Å². The van der Waals surface area contributed by atoms with E-state index in [1.807, 2.05) is 60.9 Å². The van der Waals surface area contributed by atoms with E-state index in [-0.39, 0.29) is 0 Å². The Morgan fingerprint density at radius 2 is 0.929 bits per heavy atom. The summed E-state index contributed by atoms with van der Waals surface area (Å²) in [6.07, 6.45) is 3.75. The van der Waals surface area contributed by atoms with Gasteiger partial charge in [0.1, 0.15) is 11.2 Å². The fourth-order valence-corrected chi connectivity index (χ4v) is 7.83. The Morgan fingerprint density at radius 3 is 1.77 bits per heavy atom. The second-order valence-corrected chi connectivity index (χ2v) is 13.9. The second-order valence-electron chi connectivity index (χ2n) is 13.9. The average Bonchev–Trinajstić information content (AvgIpc) is 3.82. The van der Waals surface area contributed by atoms with Crippen molar-refractivity contribution in [2.75, 3.05) is 0 Å². The highest BCUT2D eigenvalue weighted by molar-refractivity contribution is 6.11. The first-order valence-corrected chi connectivity index (χ1v) is 18.6. The SMILES string of the molecule is c1ccc(-c2cccc(-c3nc(-c4ccccc4)nc(-c4cncc(-n5c6ccccc6c6ccc(-c7ccc8oc9ccccc9c8c7)cc65)c4)n3)c2)cc1. The van der Waals surface area contributed by atoms with Crippen molar-refractivity contribution in [3.63, 3.8) is 0 Å². The Hall–Kier alpha value is -7.70. The maximum Gasteiger partial charge on any atom is 0.165 e. The molecular formula is C50H31N5O. The normalized spacial score (nSPS) is 11.6. The maximum absolute atomic E-state index is 6.14. The number of para-hydroxylation sites is 2. The lowest BCUT2D eigenvalue weighted by Crippen LogP contribution is -2.02. The summed E-state index contributed by atoms with van der Waals surface area (Å²) in [5.74, 6) is 1.75. The summed E-state index contributed by atoms with van der Waals surface area (Å²) in [5.41, 5.74) is 11.9. The van der Waals surface area contributed by atoms with Crippen LogP contribution in [0, 0.1) is 0 Å². The summed E-state index contributed by atoms with van der Waals surface area (Å²) in [6.45, 7) is 0. The molecule has 0 fully saturated rings. The summed E-state index contributed by atoms with van der Waals surface area (Å²) in [5, 5.41) is 4.55. The van der Waals surface area contributed by atoms with Gasteiger partial charge < -0.3 is 8.98 Å². The van der Waals surface area contributed by atoms with Crippen LogP contribution in [0.15, 0.2) is 193 Å². The number of hydrogen-bond acceptors (Lipinski definition) is 5. The van der Waals surface area contributed by atoms with Crippen LogP contribution in [0.1, 0.15) is 0 Å². The minimum absolute atomic E-state index is 0.551. The van der Waals surface area contributed by atoms with Gasteiger partial charge in [-0.2, -0.15) is 0 Å². The molecule has 262 valence electrons. The smallest absolute Gasteiger partial charge is 0.165 e. The molecule has 11 aromatic rings. The molecule has 56 heavy (non-hydrogen) atoms. The minimum atomic E-state index is 0.551. The zero-order valence-electron chi connectivity index (χ0n) is 30.0. The summed E-state index contributed by atoms with van der Waals surface area (Å²) >= 11 is 0. The predicted octanol–water partition coefficient (Wildman–Crippen LogP) is 12.6. The van der Waals surface area contributed by atoms with Crippen LogP contribution in [0.3, 0.4) is 0 Å². The van der Waals surface area contributed by atoms with Gasteiger partial charge in [-0.1, -0.05) is 133 Å². The van der Waals surface area contributed by atoms with Gasteiger partial charge in [-0.05, 0) is 64.7 Å². The van der Waals surface area contributed by atoms with Crippen molar-refractivity contribution in [3.05, 3.63) is 188 Å². The Labute approximate surface area is 322 Å². The van der Waals surface area contributed by atoms with Crippen LogP contribution in [0.4, 0.5) is 0 Å². The molecule has 0 aliphatic rings. The lowest BCUT2D eigenvalue weighted by Gasteiger charge is -2.12. The van der Waals surface area contributed by atoms with Gasteiger partial charge >= 0.3 is 0 Å². The van der Waals surface area contributed by atoms with Crippen molar-refractivity contribution in [1.82, 2.24) is 24.5 Å². The first kappa shape index (κ1) is 31.8. The topological polar surface area (TPSA) is 69.6 Å². The lowest BCUT2D eigenvalue weighted by molar-refractivity contribution is 0.669. The summed E-state index contributed by atoms with van der Waals surface area (Å²) < 4.78 is 8.43. The maximum atomic E-state index is 6.14. The van der Waals surface area contributed by atoms with E-state index in [0.29, 0.717) is 17.5 Å². The summed E-state index contributed by atoms with van der Waals surface area (Å²) in [6, 6.07) is 60.8. The Kier molecular flexibility index (Phi) is 7.38. The quantitative estimate of drug-likeness (QED) is 0.171. The first-order chi connectivity index (χ1) is 27.7. The van der Waals surface area contributed by atoms with Gasteiger partial charge in [0.2, 0.25) is 0 Å². The van der Waals surface area contributed by atoms with E-state index in [0.717, 1.165) is 83.0 Å². The molecule has 4 aromatic heterocycles. The van der Waals surface area contributed by atoms with E-state index in [9.17, 15) is 0 Å². The number of benzene rings is 7. The van der Waals surface area contributed by atoms with Crippen LogP contribution in [-0.2, 0) is 0 Å². The first-order valence-electron chi connectivity index (χ1n) is 18.6. The van der Waals surface area contributed by atoms with Gasteiger partial charge in [0, 0.05) is 44.4 Å². The molecule has 0 N–H and O–H groups in total. The average molecular weight is 718 g/mol. The largest absolute Gasteiger partial charge is 0.456 e. The van der Waals surface area contributed by atoms with Crippen molar-refractivity contribution in [2.24, 2.45) is 0 Å². The molecule has 0 aliphatic carbocycles. The Balaban J connectivity index is 1.07. The van der Waals surface area contributed by atoms with E-state index in [1.54, 1.807) is 0 Å². The summed E-state index contributed by atoms with van der Waals surface area (Å²) in [7, 11) is 0. The highest BCUT2D eigenvalue weighted by Gasteiger charge is 2.18. The van der Waals surface area contributed by atoms with Gasteiger partial charge in [-0.15, -0.1) is 0 Å². The van der Waals surface area contributed by atoms with Crippen LogP contribution in [0.5, 0.6) is 0 Å². The number of pyridine rings is 1. The number of nitrogens with zero attached hydrogens (tertiary/aromatic N) is 5. The molecule has 7 aromatic carbocycles. The number of furan rings is 1. The lowest BCUT2D eigenvalue weighted by atomic mass is 10.0. The molecule has 0 amide bonds. The molecular weight excluding hydrogens is 687 g/mol. The van der Waals surface area contributed by atoms with E-state index in [4.69, 9.17) is 24.4 Å². The monoisotopic (exact) mass is 717 g/mol. The minimum Gasteiger partial charge on any atom is -0.456 e. The zero-order valence-corrected chi connectivity index (χ0v) is 30.0. The van der Waals surface area contributed by atoms with E-state index >= 15 is 0 Å². The third-order valence-electron chi connectivity index (χ3n) is 10.5. The fraction of sp³-hybridized carbons (Fsp3) is 0. The molecule has 0 saturated heterocycles. The molecule has 6 heteroatoms. The van der Waals surface area contributed by atoms with Crippen molar-refractivity contribution in [3.8, 4) is 62.1 Å². The van der Waals surface area contributed by atoms with Crippen molar-refractivity contribution in [2.45, 2.75) is 0 Å². The molecule has 6 nitrogen and oxygen atoms in total. The molecule has 0 radical (unpaired) electrons. The molecule has 0 saturated carbocycles. The summed E-state index contributed by atoms with van der Waals surface area (Å²) in [4.78, 5) is 19.9. The van der Waals surface area contributed by atoms with E-state index in [2.05, 4.69) is 132 Å². The van der Waals surface area contributed by atoms with Crippen molar-refractivity contribution in [1.29, 1.82) is 0 Å². The van der Waals surface area contributed by atoms with E-state index in [1.165, 1.54) is 5.39 Å². The molecule has 4 heterocycles. The Bertz CT molecular complexity index is 3260. The molecule has 0 unspecified atom stereocenters. The predicted molar refractivity (Wildman–Crippen MR) is 226 cm³/mol. The van der Waals surface area contributed by atoms with Gasteiger partial charge in [0.15, 0.2) is 17.5 Å². The molecule has 0 bridgehead atoms. The number of rotatable bonds is 6. The van der Waals surface area contributed by atoms with Gasteiger partial charge in [-0.25, -0.2) is 15.0 Å². The second kappa shape index (κ2) is 13.0. The molecule has 11 rings (SSSR count). The standard InChI is InChI=1S/C50H31N5O/c1-3-12-32(13-4-1)34-16-11-17-37(26-34)49-52-48(33-14-5-2-6-15-33)53-50(54-49)38-27-39(31-51-30-38)55-44-20-9-7-18-40(44)41-24-22-36(29-45(41)55)35-23-25-47-43(28-35)42-19-8-10-21-46(42)56-47/h1-31H. The van der Waals surface area contributed by atoms with E-state index < -0.39 is 0 Å². The van der Waals surface area contributed by atoms with Gasteiger partial charge in [0.05, 0.1) is 22.9 Å². The van der Waals surface area contributed by atoms with Gasteiger partial charge in [-0.3, -0.25) is 4.98 Å².